The maximum atomic E-state index is 11.2. The largest absolute Gasteiger partial charge is 0.369 e. The molecule has 1 amide bonds. The highest BCUT2D eigenvalue weighted by molar-refractivity contribution is 5.84. The van der Waals surface area contributed by atoms with Gasteiger partial charge in [0.1, 0.15) is 5.60 Å². The number of carbonyl (C=O) groups is 1. The number of carbonyl (C=O) groups excluding carboxylic acids is 1. The molecular formula is C12H29NO2. The molecule has 15 heavy (non-hydrogen) atoms. The van der Waals surface area contributed by atoms with E-state index < -0.39 is 5.60 Å². The fourth-order valence-electron chi connectivity index (χ4n) is 0.544. The molecule has 0 saturated heterocycles. The molecule has 0 aromatic carbocycles. The molecule has 1 N–H and O–H groups in total. The number of nitrogens with one attached hydrogen (secondary N) is 1. The van der Waals surface area contributed by atoms with E-state index in [0.717, 1.165) is 6.42 Å². The highest BCUT2D eigenvalue weighted by atomic mass is 16.5. The predicted molar refractivity (Wildman–Crippen MR) is 67.1 cm³/mol. The quantitative estimate of drug-likeness (QED) is 0.789. The molecule has 3 heteroatoms. The molecule has 0 rings (SSSR count). The Labute approximate surface area is 95.6 Å². The Morgan fingerprint density at radius 3 is 1.87 bits per heavy atom. The lowest BCUT2D eigenvalue weighted by Gasteiger charge is -2.21. The second-order valence-corrected chi connectivity index (χ2v) is 2.97. The number of ether oxygens (including phenoxy) is 1. The first kappa shape index (κ1) is 19.9. The molecule has 0 radical (unpaired) electrons. The molecule has 0 heterocycles. The molecule has 0 aromatic heterocycles. The highest BCUT2D eigenvalue weighted by Crippen LogP contribution is 2.06. The van der Waals surface area contributed by atoms with Crippen molar-refractivity contribution in [3.05, 3.63) is 0 Å². The van der Waals surface area contributed by atoms with Gasteiger partial charge in [-0.2, -0.15) is 0 Å². The smallest absolute Gasteiger partial charge is 0.251 e. The Hall–Kier alpha value is -0.570. The van der Waals surface area contributed by atoms with Gasteiger partial charge >= 0.3 is 0 Å². The summed E-state index contributed by atoms with van der Waals surface area (Å²) >= 11 is 0. The van der Waals surface area contributed by atoms with E-state index in [0.29, 0.717) is 6.54 Å². The van der Waals surface area contributed by atoms with Crippen molar-refractivity contribution < 1.29 is 9.53 Å². The fourth-order valence-corrected chi connectivity index (χ4v) is 0.544. The molecule has 0 aliphatic rings. The summed E-state index contributed by atoms with van der Waals surface area (Å²) in [7, 11) is 1.53. The third-order valence-corrected chi connectivity index (χ3v) is 1.59. The normalized spacial score (nSPS) is 9.07. The molecule has 0 aliphatic carbocycles. The molecule has 0 atom stereocenters. The third-order valence-electron chi connectivity index (χ3n) is 1.59. The third kappa shape index (κ3) is 11.4. The van der Waals surface area contributed by atoms with Crippen molar-refractivity contribution in [3.63, 3.8) is 0 Å². The fraction of sp³-hybridized carbons (Fsp3) is 0.917. The SMILES string of the molecule is CC.CC.CCCNC(=O)C(C)(C)OC. The second kappa shape index (κ2) is 13.4. The van der Waals surface area contributed by atoms with E-state index in [1.54, 1.807) is 13.8 Å². The molecule has 0 bridgehead atoms. The van der Waals surface area contributed by atoms with Crippen LogP contribution in [0.15, 0.2) is 0 Å². The van der Waals surface area contributed by atoms with Gasteiger partial charge in [0.05, 0.1) is 0 Å². The van der Waals surface area contributed by atoms with Gasteiger partial charge in [-0.05, 0) is 20.3 Å². The topological polar surface area (TPSA) is 38.3 Å². The highest BCUT2D eigenvalue weighted by Gasteiger charge is 2.25. The van der Waals surface area contributed by atoms with Crippen LogP contribution >= 0.6 is 0 Å². The van der Waals surface area contributed by atoms with Crippen LogP contribution in [-0.4, -0.2) is 25.2 Å². The van der Waals surface area contributed by atoms with Crippen LogP contribution in [0.25, 0.3) is 0 Å². The van der Waals surface area contributed by atoms with Gasteiger partial charge in [0.15, 0.2) is 0 Å². The number of hydrogen-bond acceptors (Lipinski definition) is 2. The molecule has 0 spiro atoms. The lowest BCUT2D eigenvalue weighted by molar-refractivity contribution is -0.139. The number of methoxy groups -OCH3 is 1. The minimum absolute atomic E-state index is 0.0538. The minimum Gasteiger partial charge on any atom is -0.369 e. The summed E-state index contributed by atoms with van der Waals surface area (Å²) in [5, 5.41) is 2.76. The van der Waals surface area contributed by atoms with E-state index in [4.69, 9.17) is 4.74 Å². The van der Waals surface area contributed by atoms with Crippen LogP contribution in [0.1, 0.15) is 54.9 Å². The van der Waals surface area contributed by atoms with Crippen LogP contribution < -0.4 is 5.32 Å². The summed E-state index contributed by atoms with van der Waals surface area (Å²) < 4.78 is 4.98. The summed E-state index contributed by atoms with van der Waals surface area (Å²) in [4.78, 5) is 11.2. The Bertz CT molecular complexity index is 134. The Kier molecular flexibility index (Phi) is 17.8. The van der Waals surface area contributed by atoms with Gasteiger partial charge in [0.25, 0.3) is 5.91 Å². The zero-order valence-corrected chi connectivity index (χ0v) is 11.7. The van der Waals surface area contributed by atoms with Crippen molar-refractivity contribution >= 4 is 5.91 Å². The molecule has 0 aromatic rings. The Morgan fingerprint density at radius 1 is 1.20 bits per heavy atom. The van der Waals surface area contributed by atoms with Crippen LogP contribution in [-0.2, 0) is 9.53 Å². The van der Waals surface area contributed by atoms with Crippen molar-refractivity contribution in [1.82, 2.24) is 5.32 Å². The Balaban J connectivity index is -0.000000318. The van der Waals surface area contributed by atoms with Gasteiger partial charge in [-0.25, -0.2) is 0 Å². The average Bonchev–Trinajstić information content (AvgIpc) is 2.31. The van der Waals surface area contributed by atoms with Gasteiger partial charge in [0.2, 0.25) is 0 Å². The predicted octanol–water partition coefficient (Wildman–Crippen LogP) is 2.99. The van der Waals surface area contributed by atoms with E-state index in [-0.39, 0.29) is 5.91 Å². The van der Waals surface area contributed by atoms with E-state index in [1.807, 2.05) is 34.6 Å². The molecule has 94 valence electrons. The molecule has 0 fully saturated rings. The van der Waals surface area contributed by atoms with Gasteiger partial charge in [-0.15, -0.1) is 0 Å². The molecular weight excluding hydrogens is 190 g/mol. The lowest BCUT2D eigenvalue weighted by Crippen LogP contribution is -2.43. The minimum atomic E-state index is -0.699. The number of hydrogen-bond donors (Lipinski definition) is 1. The van der Waals surface area contributed by atoms with Gasteiger partial charge < -0.3 is 10.1 Å². The standard InChI is InChI=1S/C8H17NO2.2C2H6/c1-5-6-9-7(10)8(2,3)11-4;2*1-2/h5-6H2,1-4H3,(H,9,10);2*1-2H3. The average molecular weight is 219 g/mol. The molecule has 0 aliphatic heterocycles. The van der Waals surface area contributed by atoms with Gasteiger partial charge in [0, 0.05) is 13.7 Å². The van der Waals surface area contributed by atoms with E-state index in [9.17, 15) is 4.79 Å². The molecule has 3 nitrogen and oxygen atoms in total. The van der Waals surface area contributed by atoms with E-state index >= 15 is 0 Å². The summed E-state index contributed by atoms with van der Waals surface area (Å²) in [6.07, 6.45) is 0.950. The van der Waals surface area contributed by atoms with Crippen LogP contribution in [0.5, 0.6) is 0 Å². The molecule has 0 saturated carbocycles. The number of amides is 1. The summed E-state index contributed by atoms with van der Waals surface area (Å²) in [5.74, 6) is -0.0538. The van der Waals surface area contributed by atoms with Crippen molar-refractivity contribution in [2.75, 3.05) is 13.7 Å². The zero-order chi connectivity index (χ0) is 12.9. The van der Waals surface area contributed by atoms with Crippen LogP contribution in [0, 0.1) is 0 Å². The summed E-state index contributed by atoms with van der Waals surface area (Å²) in [5.41, 5.74) is -0.699. The lowest BCUT2D eigenvalue weighted by atomic mass is 10.1. The summed E-state index contributed by atoms with van der Waals surface area (Å²) in [6, 6.07) is 0. The molecule has 0 unspecified atom stereocenters. The monoisotopic (exact) mass is 219 g/mol. The second-order valence-electron chi connectivity index (χ2n) is 2.97. The first-order valence-corrected chi connectivity index (χ1v) is 5.88. The van der Waals surface area contributed by atoms with Crippen LogP contribution in [0.2, 0.25) is 0 Å². The van der Waals surface area contributed by atoms with Crippen LogP contribution in [0.4, 0.5) is 0 Å². The zero-order valence-electron chi connectivity index (χ0n) is 11.7. The summed E-state index contributed by atoms with van der Waals surface area (Å²) in [6.45, 7) is 14.2. The van der Waals surface area contributed by atoms with Crippen LogP contribution in [0.3, 0.4) is 0 Å². The first-order chi connectivity index (χ1) is 7.04. The first-order valence-electron chi connectivity index (χ1n) is 5.88. The Morgan fingerprint density at radius 2 is 1.60 bits per heavy atom. The van der Waals surface area contributed by atoms with Crippen molar-refractivity contribution in [2.24, 2.45) is 0 Å². The van der Waals surface area contributed by atoms with Crippen molar-refractivity contribution in [2.45, 2.75) is 60.5 Å². The number of rotatable bonds is 4. The van der Waals surface area contributed by atoms with E-state index in [1.165, 1.54) is 7.11 Å². The van der Waals surface area contributed by atoms with E-state index in [2.05, 4.69) is 5.32 Å². The van der Waals surface area contributed by atoms with Gasteiger partial charge in [-0.1, -0.05) is 34.6 Å². The van der Waals surface area contributed by atoms with Crippen molar-refractivity contribution in [3.8, 4) is 0 Å². The van der Waals surface area contributed by atoms with Gasteiger partial charge in [-0.3, -0.25) is 4.79 Å². The van der Waals surface area contributed by atoms with Crippen molar-refractivity contribution in [1.29, 1.82) is 0 Å². The maximum absolute atomic E-state index is 11.2. The maximum Gasteiger partial charge on any atom is 0.251 e.